The third-order valence-electron chi connectivity index (χ3n) is 7.47. The summed E-state index contributed by atoms with van der Waals surface area (Å²) in [6, 6.07) is 18.2. The van der Waals surface area contributed by atoms with Crippen LogP contribution in [0, 0.1) is 0 Å². The van der Waals surface area contributed by atoms with E-state index in [2.05, 4.69) is 20.5 Å². The molecule has 11 heteroatoms. The van der Waals surface area contributed by atoms with E-state index in [1.807, 2.05) is 60.8 Å². The van der Waals surface area contributed by atoms with Crippen molar-refractivity contribution in [1.82, 2.24) is 9.13 Å². The maximum Gasteiger partial charge on any atom is 0.338 e. The largest absolute Gasteiger partial charge is 0.496 e. The van der Waals surface area contributed by atoms with E-state index >= 15 is 0 Å². The lowest BCUT2D eigenvalue weighted by Crippen LogP contribution is -2.39. The number of esters is 1. The quantitative estimate of drug-likeness (QED) is 0.173. The number of allylic oxidation sites excluding steroid dienone is 1. The Morgan fingerprint density at radius 2 is 1.93 bits per heavy atom. The first-order valence-corrected chi connectivity index (χ1v) is 16.1. The summed E-state index contributed by atoms with van der Waals surface area (Å²) in [7, 11) is 1.58. The molecule has 0 saturated carbocycles. The molecular weight excluding hydrogens is 685 g/mol. The Morgan fingerprint density at radius 1 is 1.14 bits per heavy atom. The number of benzene rings is 3. The summed E-state index contributed by atoms with van der Waals surface area (Å²) in [5.41, 5.74) is 4.09. The van der Waals surface area contributed by atoms with E-state index in [4.69, 9.17) is 37.7 Å². The van der Waals surface area contributed by atoms with Gasteiger partial charge in [0, 0.05) is 39.3 Å². The number of para-hydroxylation sites is 1. The number of aromatic nitrogens is 2. The van der Waals surface area contributed by atoms with E-state index < -0.39 is 12.0 Å². The minimum atomic E-state index is -0.733. The lowest BCUT2D eigenvalue weighted by Gasteiger charge is -2.25. The number of nitrogens with zero attached hydrogens (tertiary/aromatic N) is 3. The van der Waals surface area contributed by atoms with Crippen LogP contribution in [0.25, 0.3) is 17.0 Å². The van der Waals surface area contributed by atoms with Crippen LogP contribution in [0.1, 0.15) is 36.6 Å². The first kappa shape index (κ1) is 30.4. The molecule has 6 rings (SSSR count). The van der Waals surface area contributed by atoms with Gasteiger partial charge in [0.05, 0.1) is 40.0 Å². The van der Waals surface area contributed by atoms with Crippen LogP contribution in [0.15, 0.2) is 92.4 Å². The molecule has 0 aliphatic carbocycles. The van der Waals surface area contributed by atoms with E-state index in [9.17, 15) is 9.59 Å². The first-order chi connectivity index (χ1) is 21.2. The summed E-state index contributed by atoms with van der Waals surface area (Å²) >= 11 is 17.5. The molecule has 0 spiro atoms. The number of thiazole rings is 1. The van der Waals surface area contributed by atoms with Crippen LogP contribution in [0.5, 0.6) is 5.75 Å². The van der Waals surface area contributed by atoms with Gasteiger partial charge < -0.3 is 14.0 Å². The molecule has 0 N–H and O–H groups in total. The number of halogens is 3. The van der Waals surface area contributed by atoms with Crippen LogP contribution in [-0.4, -0.2) is 28.8 Å². The lowest BCUT2D eigenvalue weighted by molar-refractivity contribution is -0.139. The van der Waals surface area contributed by atoms with Gasteiger partial charge in [0.2, 0.25) is 0 Å². The molecule has 1 aliphatic rings. The Balaban J connectivity index is 1.52. The second kappa shape index (κ2) is 12.4. The zero-order valence-electron chi connectivity index (χ0n) is 23.9. The molecule has 0 amide bonds. The summed E-state index contributed by atoms with van der Waals surface area (Å²) in [5.74, 6) is 0.125. The zero-order chi connectivity index (χ0) is 31.1. The molecule has 0 fully saturated rings. The second-order valence-corrected chi connectivity index (χ2v) is 12.9. The van der Waals surface area contributed by atoms with Crippen molar-refractivity contribution in [3.63, 3.8) is 0 Å². The van der Waals surface area contributed by atoms with E-state index in [-0.39, 0.29) is 12.2 Å². The van der Waals surface area contributed by atoms with Gasteiger partial charge in [-0.2, -0.15) is 0 Å². The lowest BCUT2D eigenvalue weighted by atomic mass is 9.96. The first-order valence-electron chi connectivity index (χ1n) is 13.7. The summed E-state index contributed by atoms with van der Waals surface area (Å²) < 4.78 is 15.7. The number of carbonyl (C=O) groups is 1. The van der Waals surface area contributed by atoms with Gasteiger partial charge in [0.25, 0.3) is 5.56 Å². The highest BCUT2D eigenvalue weighted by Gasteiger charge is 2.33. The Hall–Kier alpha value is -3.63. The van der Waals surface area contributed by atoms with Crippen LogP contribution in [-0.2, 0) is 16.1 Å². The molecule has 3 heterocycles. The maximum absolute atomic E-state index is 14.2. The summed E-state index contributed by atoms with van der Waals surface area (Å²) in [6.07, 6.45) is 3.90. The molecule has 224 valence electrons. The van der Waals surface area contributed by atoms with Crippen molar-refractivity contribution in [2.45, 2.75) is 26.4 Å². The van der Waals surface area contributed by atoms with Crippen molar-refractivity contribution >= 4 is 73.4 Å². The Labute approximate surface area is 275 Å². The van der Waals surface area contributed by atoms with Gasteiger partial charge in [-0.25, -0.2) is 9.79 Å². The van der Waals surface area contributed by atoms with Crippen molar-refractivity contribution in [3.05, 3.63) is 129 Å². The van der Waals surface area contributed by atoms with Crippen LogP contribution in [0.4, 0.5) is 0 Å². The summed E-state index contributed by atoms with van der Waals surface area (Å²) in [5, 5.41) is 2.15. The average Bonchev–Trinajstić information content (AvgIpc) is 3.50. The number of methoxy groups -OCH3 is 1. The second-order valence-electron chi connectivity index (χ2n) is 10.2. The molecule has 0 saturated heterocycles. The molecule has 7 nitrogen and oxygen atoms in total. The van der Waals surface area contributed by atoms with Crippen LogP contribution >= 0.6 is 50.5 Å². The topological polar surface area (TPSA) is 74.8 Å². The highest BCUT2D eigenvalue weighted by Crippen LogP contribution is 2.35. The standard InChI is InChI=1S/C33H26BrCl2N3O4S/c1-4-43-32(41)29-18(2)37-33-39(30(29)19-10-12-27(42-3)24(34)13-19)31(40)28(44-33)14-21-17-38(26-8-6-5-7-23(21)26)16-20-9-11-22(35)15-25(20)36/h5-15,17,30H,4,16H2,1-3H3/b28-14+/t30-/m0/s1. The molecule has 44 heavy (non-hydrogen) atoms. The summed E-state index contributed by atoms with van der Waals surface area (Å²) in [4.78, 5) is 32.6. The highest BCUT2D eigenvalue weighted by atomic mass is 79.9. The van der Waals surface area contributed by atoms with Crippen molar-refractivity contribution in [2.24, 2.45) is 4.99 Å². The van der Waals surface area contributed by atoms with Gasteiger partial charge in [-0.05, 0) is 77.3 Å². The van der Waals surface area contributed by atoms with Gasteiger partial charge in [-0.3, -0.25) is 9.36 Å². The minimum absolute atomic E-state index is 0.199. The molecule has 5 aromatic rings. The maximum atomic E-state index is 14.2. The minimum Gasteiger partial charge on any atom is -0.496 e. The number of ether oxygens (including phenoxy) is 2. The normalized spacial score (nSPS) is 15.0. The van der Waals surface area contributed by atoms with E-state index in [0.29, 0.717) is 47.4 Å². The van der Waals surface area contributed by atoms with Gasteiger partial charge in [0.1, 0.15) is 5.75 Å². The van der Waals surface area contributed by atoms with Crippen LogP contribution < -0.4 is 19.6 Å². The molecule has 0 bridgehead atoms. The number of fused-ring (bicyclic) bond motifs is 2. The molecule has 3 aromatic carbocycles. The number of carbonyl (C=O) groups excluding carboxylic acids is 1. The third-order valence-corrected chi connectivity index (χ3v) is 9.66. The molecule has 2 aromatic heterocycles. The van der Waals surface area contributed by atoms with Gasteiger partial charge in [-0.1, -0.05) is 64.9 Å². The fourth-order valence-corrected chi connectivity index (χ4v) is 7.52. The van der Waals surface area contributed by atoms with Crippen molar-refractivity contribution in [2.75, 3.05) is 13.7 Å². The number of hydrogen-bond donors (Lipinski definition) is 0. The fraction of sp³-hybridized carbons (Fsp3) is 0.182. The third kappa shape index (κ3) is 5.54. The van der Waals surface area contributed by atoms with E-state index in [0.717, 1.165) is 27.6 Å². The predicted octanol–water partition coefficient (Wildman–Crippen LogP) is 6.88. The molecule has 1 atom stereocenters. The van der Waals surface area contributed by atoms with Gasteiger partial charge in [-0.15, -0.1) is 0 Å². The molecule has 1 aliphatic heterocycles. The van der Waals surface area contributed by atoms with Crippen LogP contribution in [0.2, 0.25) is 10.0 Å². The van der Waals surface area contributed by atoms with Crippen molar-refractivity contribution in [1.29, 1.82) is 0 Å². The Kier molecular flexibility index (Phi) is 8.57. The predicted molar refractivity (Wildman–Crippen MR) is 179 cm³/mol. The summed E-state index contributed by atoms with van der Waals surface area (Å²) in [6.45, 7) is 4.24. The van der Waals surface area contributed by atoms with Crippen molar-refractivity contribution < 1.29 is 14.3 Å². The Morgan fingerprint density at radius 3 is 2.66 bits per heavy atom. The molecule has 0 radical (unpaired) electrons. The smallest absolute Gasteiger partial charge is 0.338 e. The average molecular weight is 711 g/mol. The van der Waals surface area contributed by atoms with E-state index in [1.54, 1.807) is 37.7 Å². The van der Waals surface area contributed by atoms with E-state index in [1.165, 1.54) is 11.3 Å². The van der Waals surface area contributed by atoms with Crippen LogP contribution in [0.3, 0.4) is 0 Å². The van der Waals surface area contributed by atoms with Crippen molar-refractivity contribution in [3.8, 4) is 5.75 Å². The number of rotatable bonds is 7. The molecule has 0 unspecified atom stereocenters. The number of hydrogen-bond acceptors (Lipinski definition) is 6. The SMILES string of the molecule is CCOC(=O)C1=C(C)N=c2s/c(=C/c3cn(Cc4ccc(Cl)cc4Cl)c4ccccc34)c(=O)n2[C@H]1c1ccc(OC)c(Br)c1. The fourth-order valence-electron chi connectivity index (χ4n) is 5.46. The molecular formula is C33H26BrCl2N3O4S. The monoisotopic (exact) mass is 709 g/mol. The highest BCUT2D eigenvalue weighted by molar-refractivity contribution is 9.10. The Bertz CT molecular complexity index is 2170. The van der Waals surface area contributed by atoms with Gasteiger partial charge in [0.15, 0.2) is 4.80 Å². The zero-order valence-corrected chi connectivity index (χ0v) is 27.9. The van der Waals surface area contributed by atoms with Gasteiger partial charge >= 0.3 is 5.97 Å².